The molecule has 1 aliphatic heterocycles. The van der Waals surface area contributed by atoms with Gasteiger partial charge in [-0.25, -0.2) is 0 Å². The molecule has 0 radical (unpaired) electrons. The third-order valence-corrected chi connectivity index (χ3v) is 4.15. The summed E-state index contributed by atoms with van der Waals surface area (Å²) in [5, 5.41) is 3.53. The molecule has 1 heterocycles. The molecule has 0 aromatic heterocycles. The van der Waals surface area contributed by atoms with E-state index in [0.717, 1.165) is 38.6 Å². The Hall–Kier alpha value is -0.900. The maximum Gasteiger partial charge on any atom is 0.232 e. The maximum atomic E-state index is 12.0. The van der Waals surface area contributed by atoms with Crippen LogP contribution in [0.4, 0.5) is 0 Å². The summed E-state index contributed by atoms with van der Waals surface area (Å²) in [6.07, 6.45) is 5.65. The number of carbonyl (C=O) groups excluding carboxylic acids is 2. The zero-order chi connectivity index (χ0) is 13.1. The fourth-order valence-electron chi connectivity index (χ4n) is 3.08. The van der Waals surface area contributed by atoms with Crippen LogP contribution in [0.2, 0.25) is 0 Å². The Morgan fingerprint density at radius 2 is 1.89 bits per heavy atom. The van der Waals surface area contributed by atoms with Gasteiger partial charge in [0.25, 0.3) is 0 Å². The number of hydrogen-bond donors (Lipinski definition) is 1. The van der Waals surface area contributed by atoms with Gasteiger partial charge in [-0.2, -0.15) is 0 Å². The third kappa shape index (κ3) is 2.74. The Morgan fingerprint density at radius 1 is 1.22 bits per heavy atom. The number of imide groups is 1. The SMILES string of the molecule is CCCNC1CCC(N2C(=O)CC(C)C2=O)CC1. The van der Waals surface area contributed by atoms with Crippen LogP contribution in [0.25, 0.3) is 0 Å². The molecule has 2 amide bonds. The monoisotopic (exact) mass is 252 g/mol. The van der Waals surface area contributed by atoms with E-state index in [-0.39, 0.29) is 23.8 Å². The Balaban J connectivity index is 1.86. The van der Waals surface area contributed by atoms with E-state index < -0.39 is 0 Å². The van der Waals surface area contributed by atoms with Crippen molar-refractivity contribution in [2.45, 2.75) is 64.5 Å². The summed E-state index contributed by atoms with van der Waals surface area (Å²) in [5.41, 5.74) is 0. The summed E-state index contributed by atoms with van der Waals surface area (Å²) >= 11 is 0. The van der Waals surface area contributed by atoms with Crippen LogP contribution in [-0.4, -0.2) is 35.3 Å². The molecule has 1 saturated carbocycles. The van der Waals surface area contributed by atoms with Crippen LogP contribution in [0.5, 0.6) is 0 Å². The standard InChI is InChI=1S/C14H24N2O2/c1-3-8-15-11-4-6-12(7-5-11)16-13(17)9-10(2)14(16)18/h10-12,15H,3-9H2,1-2H3. The summed E-state index contributed by atoms with van der Waals surface area (Å²) in [4.78, 5) is 25.4. The Labute approximate surface area is 109 Å². The fraction of sp³-hybridized carbons (Fsp3) is 0.857. The zero-order valence-electron chi connectivity index (χ0n) is 11.4. The molecule has 0 aromatic rings. The van der Waals surface area contributed by atoms with E-state index in [4.69, 9.17) is 0 Å². The van der Waals surface area contributed by atoms with E-state index in [0.29, 0.717) is 12.5 Å². The molecule has 1 saturated heterocycles. The van der Waals surface area contributed by atoms with E-state index in [2.05, 4.69) is 12.2 Å². The van der Waals surface area contributed by atoms with Crippen LogP contribution in [-0.2, 0) is 9.59 Å². The Bertz CT molecular complexity index is 322. The molecule has 1 unspecified atom stereocenters. The number of nitrogens with zero attached hydrogens (tertiary/aromatic N) is 1. The molecule has 18 heavy (non-hydrogen) atoms. The minimum Gasteiger partial charge on any atom is -0.314 e. The van der Waals surface area contributed by atoms with E-state index in [1.54, 1.807) is 4.90 Å². The van der Waals surface area contributed by atoms with E-state index in [1.165, 1.54) is 0 Å². The number of nitrogens with one attached hydrogen (secondary N) is 1. The van der Waals surface area contributed by atoms with Gasteiger partial charge in [0.1, 0.15) is 0 Å². The molecule has 102 valence electrons. The van der Waals surface area contributed by atoms with Crippen molar-refractivity contribution in [1.29, 1.82) is 0 Å². The Morgan fingerprint density at radius 3 is 2.39 bits per heavy atom. The first kappa shape index (κ1) is 13.5. The lowest BCUT2D eigenvalue weighted by Crippen LogP contribution is -2.45. The van der Waals surface area contributed by atoms with Gasteiger partial charge in [-0.1, -0.05) is 13.8 Å². The summed E-state index contributed by atoms with van der Waals surface area (Å²) in [7, 11) is 0. The minimum atomic E-state index is -0.103. The third-order valence-electron chi connectivity index (χ3n) is 4.15. The van der Waals surface area contributed by atoms with Gasteiger partial charge in [0.05, 0.1) is 0 Å². The smallest absolute Gasteiger partial charge is 0.232 e. The molecule has 2 aliphatic rings. The normalized spacial score (nSPS) is 33.2. The first-order valence-corrected chi connectivity index (χ1v) is 7.22. The molecule has 0 spiro atoms. The highest BCUT2D eigenvalue weighted by Crippen LogP contribution is 2.29. The Kier molecular flexibility index (Phi) is 4.38. The molecule has 4 nitrogen and oxygen atoms in total. The summed E-state index contributed by atoms with van der Waals surface area (Å²) in [6, 6.07) is 0.737. The molecular formula is C14H24N2O2. The van der Waals surface area contributed by atoms with Gasteiger partial charge in [-0.05, 0) is 38.6 Å². The molecule has 4 heteroatoms. The molecule has 0 aromatic carbocycles. The second-order valence-electron chi connectivity index (χ2n) is 5.67. The van der Waals surface area contributed by atoms with Crippen LogP contribution >= 0.6 is 0 Å². The van der Waals surface area contributed by atoms with E-state index in [9.17, 15) is 9.59 Å². The first-order chi connectivity index (χ1) is 8.63. The van der Waals surface area contributed by atoms with Gasteiger partial charge in [0.2, 0.25) is 11.8 Å². The number of rotatable bonds is 4. The molecule has 1 N–H and O–H groups in total. The molecular weight excluding hydrogens is 228 g/mol. The van der Waals surface area contributed by atoms with Crippen molar-refractivity contribution in [2.75, 3.05) is 6.54 Å². The first-order valence-electron chi connectivity index (χ1n) is 7.22. The molecule has 2 rings (SSSR count). The number of amides is 2. The van der Waals surface area contributed by atoms with Gasteiger partial charge >= 0.3 is 0 Å². The van der Waals surface area contributed by atoms with Crippen molar-refractivity contribution >= 4 is 11.8 Å². The second-order valence-corrected chi connectivity index (χ2v) is 5.67. The fourth-order valence-corrected chi connectivity index (χ4v) is 3.08. The number of likely N-dealkylation sites (tertiary alicyclic amines) is 1. The van der Waals surface area contributed by atoms with Crippen molar-refractivity contribution in [1.82, 2.24) is 10.2 Å². The van der Waals surface area contributed by atoms with Crippen LogP contribution in [0, 0.1) is 5.92 Å². The van der Waals surface area contributed by atoms with Crippen molar-refractivity contribution < 1.29 is 9.59 Å². The maximum absolute atomic E-state index is 12.0. The van der Waals surface area contributed by atoms with Crippen molar-refractivity contribution in [3.05, 3.63) is 0 Å². The lowest BCUT2D eigenvalue weighted by molar-refractivity contribution is -0.142. The van der Waals surface area contributed by atoms with Crippen molar-refractivity contribution in [3.8, 4) is 0 Å². The summed E-state index contributed by atoms with van der Waals surface area (Å²) < 4.78 is 0. The van der Waals surface area contributed by atoms with E-state index in [1.807, 2.05) is 6.92 Å². The molecule has 2 fully saturated rings. The number of hydrogen-bond acceptors (Lipinski definition) is 3. The van der Waals surface area contributed by atoms with Gasteiger partial charge in [-0.3, -0.25) is 14.5 Å². The lowest BCUT2D eigenvalue weighted by atomic mass is 9.90. The summed E-state index contributed by atoms with van der Waals surface area (Å²) in [6.45, 7) is 5.09. The molecule has 1 aliphatic carbocycles. The van der Waals surface area contributed by atoms with Gasteiger partial charge in [0, 0.05) is 24.4 Å². The molecule has 1 atom stereocenters. The summed E-state index contributed by atoms with van der Waals surface area (Å²) in [5.74, 6) is -0.0177. The van der Waals surface area contributed by atoms with Crippen LogP contribution in [0.15, 0.2) is 0 Å². The van der Waals surface area contributed by atoms with Crippen LogP contribution in [0.1, 0.15) is 52.4 Å². The predicted octanol–water partition coefficient (Wildman–Crippen LogP) is 1.69. The van der Waals surface area contributed by atoms with Gasteiger partial charge in [0.15, 0.2) is 0 Å². The minimum absolute atomic E-state index is 0.0393. The second kappa shape index (κ2) is 5.83. The molecule has 0 bridgehead atoms. The average molecular weight is 252 g/mol. The highest BCUT2D eigenvalue weighted by atomic mass is 16.2. The zero-order valence-corrected chi connectivity index (χ0v) is 11.4. The lowest BCUT2D eigenvalue weighted by Gasteiger charge is -2.34. The van der Waals surface area contributed by atoms with Crippen molar-refractivity contribution in [2.24, 2.45) is 5.92 Å². The van der Waals surface area contributed by atoms with Gasteiger partial charge < -0.3 is 5.32 Å². The highest BCUT2D eigenvalue weighted by Gasteiger charge is 2.40. The quantitative estimate of drug-likeness (QED) is 0.775. The van der Waals surface area contributed by atoms with Crippen LogP contribution in [0.3, 0.4) is 0 Å². The average Bonchev–Trinajstić information content (AvgIpc) is 2.62. The highest BCUT2D eigenvalue weighted by molar-refractivity contribution is 6.03. The van der Waals surface area contributed by atoms with Crippen molar-refractivity contribution in [3.63, 3.8) is 0 Å². The number of carbonyl (C=O) groups is 2. The topological polar surface area (TPSA) is 49.4 Å². The largest absolute Gasteiger partial charge is 0.314 e. The van der Waals surface area contributed by atoms with Crippen LogP contribution < -0.4 is 5.32 Å². The van der Waals surface area contributed by atoms with E-state index >= 15 is 0 Å². The van der Waals surface area contributed by atoms with Gasteiger partial charge in [-0.15, -0.1) is 0 Å². The predicted molar refractivity (Wildman–Crippen MR) is 70.0 cm³/mol.